The Morgan fingerprint density at radius 2 is 2.00 bits per heavy atom. The predicted molar refractivity (Wildman–Crippen MR) is 80.8 cm³/mol. The fraction of sp³-hybridized carbons (Fsp3) is 0.647. The molecular formula is C17H27NO. The Kier molecular flexibility index (Phi) is 5.26. The third kappa shape index (κ3) is 3.30. The Morgan fingerprint density at radius 3 is 2.68 bits per heavy atom. The fourth-order valence-electron chi connectivity index (χ4n) is 3.25. The van der Waals surface area contributed by atoms with Crippen LogP contribution in [0.2, 0.25) is 0 Å². The Morgan fingerprint density at radius 1 is 1.26 bits per heavy atom. The maximum absolute atomic E-state index is 5.78. The number of benzene rings is 1. The zero-order valence-corrected chi connectivity index (χ0v) is 12.5. The van der Waals surface area contributed by atoms with Gasteiger partial charge in [-0.2, -0.15) is 0 Å². The molecule has 2 heteroatoms. The highest BCUT2D eigenvalue weighted by Crippen LogP contribution is 2.37. The van der Waals surface area contributed by atoms with E-state index in [1.807, 2.05) is 0 Å². The molecule has 106 valence electrons. The van der Waals surface area contributed by atoms with E-state index in [2.05, 4.69) is 50.5 Å². The molecule has 0 saturated carbocycles. The lowest BCUT2D eigenvalue weighted by atomic mass is 9.81. The Hall–Kier alpha value is -1.02. The largest absolute Gasteiger partial charge is 0.493 e. The van der Waals surface area contributed by atoms with Gasteiger partial charge in [-0.3, -0.25) is 0 Å². The number of rotatable bonds is 6. The second-order valence-corrected chi connectivity index (χ2v) is 5.59. The monoisotopic (exact) mass is 261 g/mol. The van der Waals surface area contributed by atoms with Crippen LogP contribution in [0.3, 0.4) is 0 Å². The van der Waals surface area contributed by atoms with Crippen LogP contribution in [0.25, 0.3) is 0 Å². The first-order valence-electron chi connectivity index (χ1n) is 7.69. The first-order chi connectivity index (χ1) is 9.30. The minimum Gasteiger partial charge on any atom is -0.493 e. The molecule has 1 aliphatic rings. The molecule has 1 aromatic rings. The summed E-state index contributed by atoms with van der Waals surface area (Å²) in [5.41, 5.74) is 1.39. The van der Waals surface area contributed by atoms with Crippen LogP contribution in [-0.2, 0) is 0 Å². The highest BCUT2D eigenvalue weighted by Gasteiger charge is 2.28. The van der Waals surface area contributed by atoms with Gasteiger partial charge >= 0.3 is 0 Å². The molecule has 1 heterocycles. The van der Waals surface area contributed by atoms with E-state index in [0.29, 0.717) is 12.0 Å². The van der Waals surface area contributed by atoms with Crippen LogP contribution in [0, 0.1) is 5.92 Å². The molecule has 0 saturated heterocycles. The molecule has 0 fully saturated rings. The summed E-state index contributed by atoms with van der Waals surface area (Å²) in [5, 5.41) is 3.56. The summed E-state index contributed by atoms with van der Waals surface area (Å²) >= 11 is 0. The molecular weight excluding hydrogens is 234 g/mol. The Bertz CT molecular complexity index is 387. The van der Waals surface area contributed by atoms with E-state index in [1.165, 1.54) is 24.8 Å². The lowest BCUT2D eigenvalue weighted by molar-refractivity contribution is 0.233. The van der Waals surface area contributed by atoms with Gasteiger partial charge in [0.15, 0.2) is 0 Å². The van der Waals surface area contributed by atoms with E-state index in [0.717, 1.165) is 24.7 Å². The lowest BCUT2D eigenvalue weighted by Gasteiger charge is -2.34. The number of hydrogen-bond donors (Lipinski definition) is 1. The van der Waals surface area contributed by atoms with E-state index in [-0.39, 0.29) is 0 Å². The van der Waals surface area contributed by atoms with E-state index in [1.54, 1.807) is 0 Å². The average Bonchev–Trinajstić information content (AvgIpc) is 2.48. The van der Waals surface area contributed by atoms with Crippen molar-refractivity contribution in [3.63, 3.8) is 0 Å². The van der Waals surface area contributed by atoms with Gasteiger partial charge in [-0.15, -0.1) is 0 Å². The van der Waals surface area contributed by atoms with Gasteiger partial charge in [0.1, 0.15) is 5.75 Å². The summed E-state index contributed by atoms with van der Waals surface area (Å²) in [6.07, 6.45) is 4.95. The molecule has 2 rings (SSSR count). The van der Waals surface area contributed by atoms with Crippen molar-refractivity contribution in [1.29, 1.82) is 0 Å². The number of fused-ring (bicyclic) bond motifs is 1. The van der Waals surface area contributed by atoms with Crippen LogP contribution in [0.15, 0.2) is 24.3 Å². The first-order valence-corrected chi connectivity index (χ1v) is 7.69. The molecule has 0 aliphatic carbocycles. The van der Waals surface area contributed by atoms with Crippen LogP contribution >= 0.6 is 0 Å². The summed E-state index contributed by atoms with van der Waals surface area (Å²) in [7, 11) is 2.10. The van der Waals surface area contributed by atoms with Crippen molar-refractivity contribution in [2.24, 2.45) is 5.92 Å². The molecule has 2 atom stereocenters. The second-order valence-electron chi connectivity index (χ2n) is 5.59. The number of hydrogen-bond acceptors (Lipinski definition) is 2. The summed E-state index contributed by atoms with van der Waals surface area (Å²) in [5.74, 6) is 2.51. The van der Waals surface area contributed by atoms with Crippen LogP contribution < -0.4 is 10.1 Å². The number of likely N-dealkylation sites (N-methyl/N-ethyl adjacent to an activating group) is 1. The van der Waals surface area contributed by atoms with Gasteiger partial charge in [0.25, 0.3) is 0 Å². The third-order valence-electron chi connectivity index (χ3n) is 4.60. The van der Waals surface area contributed by atoms with Crippen molar-refractivity contribution in [3.8, 4) is 5.75 Å². The Balaban J connectivity index is 2.15. The van der Waals surface area contributed by atoms with Crippen molar-refractivity contribution in [1.82, 2.24) is 5.32 Å². The SMILES string of the molecule is CCC(CC)CC(NC)C1CCOc2ccccc21. The van der Waals surface area contributed by atoms with Crippen LogP contribution in [0.5, 0.6) is 5.75 Å². The van der Waals surface area contributed by atoms with Crippen LogP contribution in [0.1, 0.15) is 51.0 Å². The smallest absolute Gasteiger partial charge is 0.122 e. The maximum Gasteiger partial charge on any atom is 0.122 e. The van der Waals surface area contributed by atoms with Gasteiger partial charge in [0, 0.05) is 12.0 Å². The van der Waals surface area contributed by atoms with Crippen LogP contribution in [0.4, 0.5) is 0 Å². The fourth-order valence-corrected chi connectivity index (χ4v) is 3.25. The minimum atomic E-state index is 0.565. The normalized spacial score (nSPS) is 19.9. The highest BCUT2D eigenvalue weighted by atomic mass is 16.5. The van der Waals surface area contributed by atoms with E-state index in [4.69, 9.17) is 4.74 Å². The minimum absolute atomic E-state index is 0.565. The molecule has 2 nitrogen and oxygen atoms in total. The third-order valence-corrected chi connectivity index (χ3v) is 4.60. The van der Waals surface area contributed by atoms with Crippen molar-refractivity contribution in [3.05, 3.63) is 29.8 Å². The zero-order valence-electron chi connectivity index (χ0n) is 12.5. The molecule has 2 unspecified atom stereocenters. The van der Waals surface area contributed by atoms with E-state index >= 15 is 0 Å². The molecule has 19 heavy (non-hydrogen) atoms. The second kappa shape index (κ2) is 6.95. The lowest BCUT2D eigenvalue weighted by Crippen LogP contribution is -2.36. The number of para-hydroxylation sites is 1. The molecule has 0 aromatic heterocycles. The summed E-state index contributed by atoms with van der Waals surface area (Å²) in [4.78, 5) is 0. The molecule has 1 aromatic carbocycles. The van der Waals surface area contributed by atoms with Gasteiger partial charge in [-0.05, 0) is 37.4 Å². The molecule has 1 aliphatic heterocycles. The quantitative estimate of drug-likeness (QED) is 0.836. The predicted octanol–water partition coefficient (Wildman–Crippen LogP) is 3.97. The number of nitrogens with one attached hydrogen (secondary N) is 1. The van der Waals surface area contributed by atoms with Crippen molar-refractivity contribution >= 4 is 0 Å². The Labute approximate surface area is 117 Å². The summed E-state index contributed by atoms with van der Waals surface area (Å²) in [6.45, 7) is 5.46. The van der Waals surface area contributed by atoms with Crippen molar-refractivity contribution in [2.75, 3.05) is 13.7 Å². The molecule has 0 amide bonds. The van der Waals surface area contributed by atoms with Gasteiger partial charge in [0.05, 0.1) is 6.61 Å². The van der Waals surface area contributed by atoms with E-state index in [9.17, 15) is 0 Å². The van der Waals surface area contributed by atoms with Gasteiger partial charge in [-0.25, -0.2) is 0 Å². The molecule has 0 bridgehead atoms. The topological polar surface area (TPSA) is 21.3 Å². The summed E-state index contributed by atoms with van der Waals surface area (Å²) in [6, 6.07) is 9.10. The zero-order chi connectivity index (χ0) is 13.7. The first kappa shape index (κ1) is 14.4. The van der Waals surface area contributed by atoms with Gasteiger partial charge in [0.2, 0.25) is 0 Å². The summed E-state index contributed by atoms with van der Waals surface area (Å²) < 4.78 is 5.78. The average molecular weight is 261 g/mol. The van der Waals surface area contributed by atoms with Crippen molar-refractivity contribution in [2.45, 2.75) is 51.5 Å². The van der Waals surface area contributed by atoms with Gasteiger partial charge < -0.3 is 10.1 Å². The van der Waals surface area contributed by atoms with Crippen molar-refractivity contribution < 1.29 is 4.74 Å². The molecule has 0 radical (unpaired) electrons. The standard InChI is InChI=1S/C17H27NO/c1-4-13(5-2)12-16(18-3)14-10-11-19-17-9-7-6-8-15(14)17/h6-9,13-14,16,18H,4-5,10-12H2,1-3H3. The van der Waals surface area contributed by atoms with Gasteiger partial charge in [-0.1, -0.05) is 44.9 Å². The number of ether oxygens (including phenoxy) is 1. The highest BCUT2D eigenvalue weighted by molar-refractivity contribution is 5.38. The molecule has 0 spiro atoms. The van der Waals surface area contributed by atoms with E-state index < -0.39 is 0 Å². The maximum atomic E-state index is 5.78. The van der Waals surface area contributed by atoms with Crippen LogP contribution in [-0.4, -0.2) is 19.7 Å². The molecule has 1 N–H and O–H groups in total.